The van der Waals surface area contributed by atoms with Gasteiger partial charge >= 0.3 is 0 Å². The van der Waals surface area contributed by atoms with Gasteiger partial charge in [0.05, 0.1) is 29.5 Å². The van der Waals surface area contributed by atoms with Crippen LogP contribution in [0, 0.1) is 0 Å². The van der Waals surface area contributed by atoms with Crippen molar-refractivity contribution < 1.29 is 9.84 Å². The molecule has 1 aliphatic heterocycles. The van der Waals surface area contributed by atoms with E-state index >= 15 is 0 Å². The Morgan fingerprint density at radius 2 is 2.08 bits per heavy atom. The summed E-state index contributed by atoms with van der Waals surface area (Å²) in [4.78, 5) is 8.36. The molecule has 4 rings (SSSR count). The molecule has 26 heavy (non-hydrogen) atoms. The van der Waals surface area contributed by atoms with E-state index in [0.29, 0.717) is 6.54 Å². The Bertz CT molecular complexity index is 871. The minimum Gasteiger partial charge on any atom is -0.497 e. The average Bonchev–Trinajstić information content (AvgIpc) is 3.30. The molecule has 2 aromatic heterocycles. The van der Waals surface area contributed by atoms with Crippen molar-refractivity contribution in [3.8, 4) is 16.5 Å². The number of hydrogen-bond acceptors (Lipinski definition) is 5. The number of hydrogen-bond donors (Lipinski definition) is 1. The highest BCUT2D eigenvalue weighted by molar-refractivity contribution is 7.13. The van der Waals surface area contributed by atoms with Crippen LogP contribution in [0.1, 0.15) is 23.1 Å². The highest BCUT2D eigenvalue weighted by Gasteiger charge is 2.25. The molecule has 0 spiro atoms. The van der Waals surface area contributed by atoms with E-state index in [4.69, 9.17) is 9.72 Å². The van der Waals surface area contributed by atoms with Crippen molar-refractivity contribution in [2.24, 2.45) is 7.05 Å². The zero-order valence-electron chi connectivity index (χ0n) is 15.1. The normalized spacial score (nSPS) is 15.7. The largest absolute Gasteiger partial charge is 0.497 e. The van der Waals surface area contributed by atoms with Gasteiger partial charge in [-0.2, -0.15) is 0 Å². The first-order valence-corrected chi connectivity index (χ1v) is 9.66. The number of aliphatic hydroxyl groups is 1. The molecule has 5 nitrogen and oxygen atoms in total. The molecule has 3 aromatic rings. The van der Waals surface area contributed by atoms with Gasteiger partial charge in [0.1, 0.15) is 11.6 Å². The van der Waals surface area contributed by atoms with Gasteiger partial charge in [0.25, 0.3) is 0 Å². The Morgan fingerprint density at radius 3 is 2.77 bits per heavy atom. The Hall–Kier alpha value is -2.15. The van der Waals surface area contributed by atoms with Crippen molar-refractivity contribution in [1.29, 1.82) is 0 Å². The average molecular weight is 369 g/mol. The number of ether oxygens (including phenoxy) is 1. The molecule has 0 unspecified atom stereocenters. The summed E-state index contributed by atoms with van der Waals surface area (Å²) in [7, 11) is 3.74. The molecule has 1 atom stereocenters. The minimum atomic E-state index is -0.507. The first-order valence-electron chi connectivity index (χ1n) is 8.78. The van der Waals surface area contributed by atoms with Crippen LogP contribution in [0.5, 0.6) is 5.75 Å². The van der Waals surface area contributed by atoms with Crippen LogP contribution in [0.15, 0.2) is 41.8 Å². The lowest BCUT2D eigenvalue weighted by Gasteiger charge is -2.29. The lowest BCUT2D eigenvalue weighted by molar-refractivity contribution is 0.104. The molecule has 0 amide bonds. The molecule has 3 heterocycles. The Kier molecular flexibility index (Phi) is 4.80. The number of aliphatic hydroxyl groups excluding tert-OH is 1. The third-order valence-corrected chi connectivity index (χ3v) is 5.87. The van der Waals surface area contributed by atoms with Gasteiger partial charge < -0.3 is 14.4 Å². The fraction of sp³-hybridized carbons (Fsp3) is 0.350. The predicted molar refractivity (Wildman–Crippen MR) is 103 cm³/mol. The van der Waals surface area contributed by atoms with Crippen LogP contribution in [0.25, 0.3) is 10.7 Å². The molecule has 1 aromatic carbocycles. The minimum absolute atomic E-state index is 0.507. The molecule has 1 N–H and O–H groups in total. The van der Waals surface area contributed by atoms with Gasteiger partial charge in [0.15, 0.2) is 0 Å². The maximum atomic E-state index is 10.6. The predicted octanol–water partition coefficient (Wildman–Crippen LogP) is 3.25. The van der Waals surface area contributed by atoms with E-state index in [1.807, 2.05) is 24.3 Å². The van der Waals surface area contributed by atoms with Crippen molar-refractivity contribution >= 4 is 11.3 Å². The Labute approximate surface area is 157 Å². The number of fused-ring (bicyclic) bond motifs is 1. The summed E-state index contributed by atoms with van der Waals surface area (Å²) >= 11 is 1.72. The van der Waals surface area contributed by atoms with Crippen LogP contribution in [0.4, 0.5) is 0 Å². The van der Waals surface area contributed by atoms with E-state index in [0.717, 1.165) is 36.6 Å². The standard InChI is InChI=1S/C20H23N3O2S/c1-22-17-12-23(13-18(24)14-5-7-15(25-2)8-6-14)10-9-16(17)21-20(22)19-4-3-11-26-19/h3-8,11,18,24H,9-10,12-13H2,1-2H3/t18-/m1/s1. The van der Waals surface area contributed by atoms with Gasteiger partial charge in [-0.1, -0.05) is 18.2 Å². The lowest BCUT2D eigenvalue weighted by atomic mass is 10.1. The fourth-order valence-electron chi connectivity index (χ4n) is 3.50. The van der Waals surface area contributed by atoms with Crippen molar-refractivity contribution in [3.05, 3.63) is 58.7 Å². The third kappa shape index (κ3) is 3.28. The lowest BCUT2D eigenvalue weighted by Crippen LogP contribution is -2.34. The number of β-amino-alcohol motifs (C(OH)–C–C–N with tert-alkyl or cyclic N) is 1. The van der Waals surface area contributed by atoms with Crippen molar-refractivity contribution in [3.63, 3.8) is 0 Å². The highest BCUT2D eigenvalue weighted by atomic mass is 32.1. The van der Waals surface area contributed by atoms with Crippen molar-refractivity contribution in [2.75, 3.05) is 20.2 Å². The summed E-state index contributed by atoms with van der Waals surface area (Å²) in [5.74, 6) is 1.85. The summed E-state index contributed by atoms with van der Waals surface area (Å²) in [6, 6.07) is 11.8. The number of nitrogens with zero attached hydrogens (tertiary/aromatic N) is 3. The Morgan fingerprint density at radius 1 is 1.27 bits per heavy atom. The maximum Gasteiger partial charge on any atom is 0.150 e. The first kappa shape index (κ1) is 17.3. The molecule has 0 saturated heterocycles. The molecule has 0 fully saturated rings. The number of thiophene rings is 1. The fourth-order valence-corrected chi connectivity index (χ4v) is 4.25. The molecule has 6 heteroatoms. The maximum absolute atomic E-state index is 10.6. The van der Waals surface area contributed by atoms with E-state index in [1.54, 1.807) is 18.4 Å². The molecule has 0 aliphatic carbocycles. The van der Waals surface area contributed by atoms with Gasteiger partial charge in [-0.3, -0.25) is 4.90 Å². The van der Waals surface area contributed by atoms with E-state index in [1.165, 1.54) is 16.3 Å². The molecule has 0 saturated carbocycles. The van der Waals surface area contributed by atoms with E-state index in [-0.39, 0.29) is 0 Å². The highest BCUT2D eigenvalue weighted by Crippen LogP contribution is 2.29. The van der Waals surface area contributed by atoms with Crippen LogP contribution in [0.2, 0.25) is 0 Å². The van der Waals surface area contributed by atoms with Gasteiger partial charge in [0.2, 0.25) is 0 Å². The van der Waals surface area contributed by atoms with Crippen LogP contribution >= 0.6 is 11.3 Å². The second-order valence-electron chi connectivity index (χ2n) is 6.64. The van der Waals surface area contributed by atoms with E-state index < -0.39 is 6.10 Å². The van der Waals surface area contributed by atoms with Crippen molar-refractivity contribution in [1.82, 2.24) is 14.5 Å². The summed E-state index contributed by atoms with van der Waals surface area (Å²) in [5.41, 5.74) is 3.36. The number of imidazole rings is 1. The first-order chi connectivity index (χ1) is 12.7. The number of methoxy groups -OCH3 is 1. The molecular formula is C20H23N3O2S. The van der Waals surface area contributed by atoms with E-state index in [9.17, 15) is 5.11 Å². The van der Waals surface area contributed by atoms with Crippen LogP contribution in [-0.2, 0) is 20.0 Å². The zero-order chi connectivity index (χ0) is 18.1. The second-order valence-corrected chi connectivity index (χ2v) is 7.59. The molecule has 136 valence electrons. The molecular weight excluding hydrogens is 346 g/mol. The SMILES string of the molecule is COc1ccc([C@H](O)CN2CCc3nc(-c4cccs4)n(C)c3C2)cc1. The van der Waals surface area contributed by atoms with Crippen molar-refractivity contribution in [2.45, 2.75) is 19.1 Å². The van der Waals surface area contributed by atoms with Gasteiger partial charge in [0, 0.05) is 33.1 Å². The summed E-state index contributed by atoms with van der Waals surface area (Å²) in [6.07, 6.45) is 0.414. The topological polar surface area (TPSA) is 50.5 Å². The third-order valence-electron chi connectivity index (χ3n) is 5.01. The summed E-state index contributed by atoms with van der Waals surface area (Å²) in [5, 5.41) is 12.7. The number of aromatic nitrogens is 2. The quantitative estimate of drug-likeness (QED) is 0.750. The van der Waals surface area contributed by atoms with Gasteiger partial charge in [-0.15, -0.1) is 11.3 Å². The van der Waals surface area contributed by atoms with E-state index in [2.05, 4.69) is 34.0 Å². The number of benzene rings is 1. The van der Waals surface area contributed by atoms with Crippen LogP contribution < -0.4 is 4.74 Å². The monoisotopic (exact) mass is 369 g/mol. The summed E-state index contributed by atoms with van der Waals surface area (Å²) in [6.45, 7) is 2.35. The molecule has 1 aliphatic rings. The molecule has 0 radical (unpaired) electrons. The Balaban J connectivity index is 1.48. The van der Waals surface area contributed by atoms with Gasteiger partial charge in [-0.05, 0) is 29.1 Å². The number of rotatable bonds is 5. The zero-order valence-corrected chi connectivity index (χ0v) is 15.9. The van der Waals surface area contributed by atoms with Crippen LogP contribution in [-0.4, -0.2) is 39.8 Å². The van der Waals surface area contributed by atoms with Crippen LogP contribution in [0.3, 0.4) is 0 Å². The molecule has 0 bridgehead atoms. The van der Waals surface area contributed by atoms with Gasteiger partial charge in [-0.25, -0.2) is 4.98 Å². The second kappa shape index (κ2) is 7.23. The summed E-state index contributed by atoms with van der Waals surface area (Å²) < 4.78 is 7.38. The smallest absolute Gasteiger partial charge is 0.150 e.